The van der Waals surface area contributed by atoms with Gasteiger partial charge in [0.05, 0.1) is 5.56 Å². The molecule has 92 valence electrons. The van der Waals surface area contributed by atoms with Crippen molar-refractivity contribution < 1.29 is 14.6 Å². The molecular weight excluding hydrogens is 230 g/mol. The molecule has 2 rings (SSSR count). The number of aromatic carboxylic acids is 1. The maximum absolute atomic E-state index is 10.7. The number of aryl methyl sites for hydroxylation is 1. The van der Waals surface area contributed by atoms with Crippen molar-refractivity contribution in [3.8, 4) is 5.75 Å². The zero-order chi connectivity index (χ0) is 13.0. The summed E-state index contributed by atoms with van der Waals surface area (Å²) in [7, 11) is 0. The monoisotopic (exact) mass is 243 g/mol. The Morgan fingerprint density at radius 3 is 2.61 bits per heavy atom. The van der Waals surface area contributed by atoms with Crippen LogP contribution in [0.4, 0.5) is 0 Å². The first kappa shape index (κ1) is 12.1. The number of nitrogens with zero attached hydrogens (tertiary/aromatic N) is 1. The molecule has 0 radical (unpaired) electrons. The predicted molar refractivity (Wildman–Crippen MR) is 66.7 cm³/mol. The average Bonchev–Trinajstić information content (AvgIpc) is 2.37. The average molecular weight is 243 g/mol. The SMILES string of the molecule is Cc1cncc(COc2ccc(C(=O)O)cc2)c1. The van der Waals surface area contributed by atoms with Crippen molar-refractivity contribution in [2.75, 3.05) is 0 Å². The molecule has 0 aliphatic rings. The summed E-state index contributed by atoms with van der Waals surface area (Å²) in [5, 5.41) is 8.77. The zero-order valence-electron chi connectivity index (χ0n) is 9.96. The lowest BCUT2D eigenvalue weighted by atomic mass is 10.2. The molecule has 1 N–H and O–H groups in total. The van der Waals surface area contributed by atoms with Gasteiger partial charge in [-0.25, -0.2) is 4.79 Å². The number of carbonyl (C=O) groups is 1. The van der Waals surface area contributed by atoms with Gasteiger partial charge in [0, 0.05) is 18.0 Å². The second-order valence-corrected chi connectivity index (χ2v) is 3.99. The van der Waals surface area contributed by atoms with Gasteiger partial charge in [-0.3, -0.25) is 4.98 Å². The van der Waals surface area contributed by atoms with Gasteiger partial charge in [0.1, 0.15) is 12.4 Å². The van der Waals surface area contributed by atoms with Crippen LogP contribution >= 0.6 is 0 Å². The number of pyridine rings is 1. The van der Waals surface area contributed by atoms with E-state index in [4.69, 9.17) is 9.84 Å². The van der Waals surface area contributed by atoms with E-state index < -0.39 is 5.97 Å². The number of hydrogen-bond acceptors (Lipinski definition) is 3. The van der Waals surface area contributed by atoms with E-state index in [1.807, 2.05) is 13.0 Å². The van der Waals surface area contributed by atoms with Crippen molar-refractivity contribution in [3.63, 3.8) is 0 Å². The van der Waals surface area contributed by atoms with Crippen molar-refractivity contribution >= 4 is 5.97 Å². The second kappa shape index (κ2) is 5.31. The minimum absolute atomic E-state index is 0.250. The van der Waals surface area contributed by atoms with Crippen molar-refractivity contribution in [3.05, 3.63) is 59.4 Å². The molecular formula is C14H13NO3. The van der Waals surface area contributed by atoms with E-state index in [0.29, 0.717) is 12.4 Å². The first-order valence-corrected chi connectivity index (χ1v) is 5.52. The molecule has 0 fully saturated rings. The van der Waals surface area contributed by atoms with Crippen molar-refractivity contribution in [1.29, 1.82) is 0 Å². The largest absolute Gasteiger partial charge is 0.489 e. The molecule has 1 aromatic carbocycles. The highest BCUT2D eigenvalue weighted by molar-refractivity contribution is 5.87. The zero-order valence-corrected chi connectivity index (χ0v) is 9.96. The van der Waals surface area contributed by atoms with Gasteiger partial charge in [-0.05, 0) is 42.8 Å². The van der Waals surface area contributed by atoms with Gasteiger partial charge in [0.25, 0.3) is 0 Å². The lowest BCUT2D eigenvalue weighted by Crippen LogP contribution is -1.98. The Bertz CT molecular complexity index is 549. The van der Waals surface area contributed by atoms with Crippen molar-refractivity contribution in [2.24, 2.45) is 0 Å². The molecule has 18 heavy (non-hydrogen) atoms. The molecule has 0 spiro atoms. The fourth-order valence-corrected chi connectivity index (χ4v) is 1.56. The molecule has 0 atom stereocenters. The minimum atomic E-state index is -0.940. The van der Waals surface area contributed by atoms with Crippen molar-refractivity contribution in [1.82, 2.24) is 4.98 Å². The van der Waals surface area contributed by atoms with E-state index in [-0.39, 0.29) is 5.56 Å². The summed E-state index contributed by atoms with van der Waals surface area (Å²) in [6, 6.07) is 8.33. The molecule has 0 aliphatic carbocycles. The summed E-state index contributed by atoms with van der Waals surface area (Å²) in [6.45, 7) is 2.39. The second-order valence-electron chi connectivity index (χ2n) is 3.99. The molecule has 0 amide bonds. The highest BCUT2D eigenvalue weighted by atomic mass is 16.5. The van der Waals surface area contributed by atoms with Crippen molar-refractivity contribution in [2.45, 2.75) is 13.5 Å². The first-order chi connectivity index (χ1) is 8.65. The van der Waals surface area contributed by atoms with Gasteiger partial charge >= 0.3 is 5.97 Å². The van der Waals surface area contributed by atoms with Crippen LogP contribution in [0.3, 0.4) is 0 Å². The van der Waals surface area contributed by atoms with E-state index in [1.165, 1.54) is 12.1 Å². The summed E-state index contributed by atoms with van der Waals surface area (Å²) < 4.78 is 5.55. The van der Waals surface area contributed by atoms with E-state index in [9.17, 15) is 4.79 Å². The van der Waals surface area contributed by atoms with Crippen LogP contribution in [0.2, 0.25) is 0 Å². The molecule has 2 aromatic rings. The topological polar surface area (TPSA) is 59.4 Å². The van der Waals surface area contributed by atoms with Crippen LogP contribution in [0.1, 0.15) is 21.5 Å². The number of rotatable bonds is 4. The summed E-state index contributed by atoms with van der Waals surface area (Å²) in [6.07, 6.45) is 3.53. The van der Waals surface area contributed by atoms with Crippen LogP contribution in [-0.2, 0) is 6.61 Å². The summed E-state index contributed by atoms with van der Waals surface area (Å²) >= 11 is 0. The van der Waals surface area contributed by atoms with E-state index >= 15 is 0 Å². The predicted octanol–water partition coefficient (Wildman–Crippen LogP) is 2.67. The fraction of sp³-hybridized carbons (Fsp3) is 0.143. The highest BCUT2D eigenvalue weighted by Crippen LogP contribution is 2.14. The molecule has 4 nitrogen and oxygen atoms in total. The van der Waals surface area contributed by atoms with Gasteiger partial charge in [0.15, 0.2) is 0 Å². The molecule has 0 saturated heterocycles. The third kappa shape index (κ3) is 3.07. The smallest absolute Gasteiger partial charge is 0.335 e. The quantitative estimate of drug-likeness (QED) is 0.896. The van der Waals surface area contributed by atoms with E-state index in [1.54, 1.807) is 24.5 Å². The number of ether oxygens (including phenoxy) is 1. The van der Waals surface area contributed by atoms with Crippen LogP contribution in [0.5, 0.6) is 5.75 Å². The Kier molecular flexibility index (Phi) is 3.57. The maximum Gasteiger partial charge on any atom is 0.335 e. The Hall–Kier alpha value is -2.36. The lowest BCUT2D eigenvalue weighted by Gasteiger charge is -2.06. The Morgan fingerprint density at radius 1 is 1.28 bits per heavy atom. The fourth-order valence-electron chi connectivity index (χ4n) is 1.56. The number of carboxylic acids is 1. The third-order valence-electron chi connectivity index (χ3n) is 2.44. The Balaban J connectivity index is 2.00. The minimum Gasteiger partial charge on any atom is -0.489 e. The van der Waals surface area contributed by atoms with Gasteiger partial charge in [0.2, 0.25) is 0 Å². The molecule has 0 bridgehead atoms. The van der Waals surface area contributed by atoms with Crippen LogP contribution in [0, 0.1) is 6.92 Å². The molecule has 1 aromatic heterocycles. The number of aromatic nitrogens is 1. The Labute approximate surface area is 105 Å². The van der Waals surface area contributed by atoms with Gasteiger partial charge in [-0.2, -0.15) is 0 Å². The van der Waals surface area contributed by atoms with Crippen LogP contribution in [-0.4, -0.2) is 16.1 Å². The highest BCUT2D eigenvalue weighted by Gasteiger charge is 2.02. The number of hydrogen-bond donors (Lipinski definition) is 1. The number of benzene rings is 1. The molecule has 0 saturated carbocycles. The Morgan fingerprint density at radius 2 is 2.00 bits per heavy atom. The van der Waals surface area contributed by atoms with Crippen LogP contribution < -0.4 is 4.74 Å². The van der Waals surface area contributed by atoms with Gasteiger partial charge in [-0.15, -0.1) is 0 Å². The molecule has 0 unspecified atom stereocenters. The van der Waals surface area contributed by atoms with E-state index in [0.717, 1.165) is 11.1 Å². The standard InChI is InChI=1S/C14H13NO3/c1-10-6-11(8-15-7-10)9-18-13-4-2-12(3-5-13)14(16)17/h2-8H,9H2,1H3,(H,16,17). The number of carboxylic acid groups (broad SMARTS) is 1. The van der Waals surface area contributed by atoms with Crippen LogP contribution in [0.15, 0.2) is 42.7 Å². The molecule has 4 heteroatoms. The van der Waals surface area contributed by atoms with Crippen LogP contribution in [0.25, 0.3) is 0 Å². The molecule has 0 aliphatic heterocycles. The summed E-state index contributed by atoms with van der Waals surface area (Å²) in [5.74, 6) is -0.300. The molecule has 1 heterocycles. The van der Waals surface area contributed by atoms with Gasteiger partial charge < -0.3 is 9.84 Å². The summed E-state index contributed by atoms with van der Waals surface area (Å²) in [5.41, 5.74) is 2.31. The summed E-state index contributed by atoms with van der Waals surface area (Å²) in [4.78, 5) is 14.8. The third-order valence-corrected chi connectivity index (χ3v) is 2.44. The van der Waals surface area contributed by atoms with E-state index in [2.05, 4.69) is 4.98 Å². The maximum atomic E-state index is 10.7. The van der Waals surface area contributed by atoms with Gasteiger partial charge in [-0.1, -0.05) is 0 Å². The first-order valence-electron chi connectivity index (χ1n) is 5.52. The lowest BCUT2D eigenvalue weighted by molar-refractivity contribution is 0.0697. The normalized spacial score (nSPS) is 10.1.